The molecule has 2 nitrogen and oxygen atoms in total. The molecule has 0 radical (unpaired) electrons. The fourth-order valence-corrected chi connectivity index (χ4v) is 2.58. The molecule has 0 amide bonds. The first-order valence-corrected chi connectivity index (χ1v) is 4.54. The second-order valence-electron chi connectivity index (χ2n) is 3.95. The van der Waals surface area contributed by atoms with Crippen molar-refractivity contribution >= 4 is 0 Å². The van der Waals surface area contributed by atoms with E-state index < -0.39 is 0 Å². The smallest absolute Gasteiger partial charge is 0.0729 e. The third-order valence-corrected chi connectivity index (χ3v) is 3.33. The first-order chi connectivity index (χ1) is 5.31. The minimum atomic E-state index is 0.521. The van der Waals surface area contributed by atoms with Crippen molar-refractivity contribution in [2.45, 2.75) is 31.4 Å². The van der Waals surface area contributed by atoms with Gasteiger partial charge in [-0.15, -0.1) is 0 Å². The lowest BCUT2D eigenvalue weighted by Gasteiger charge is -2.31. The van der Waals surface area contributed by atoms with Gasteiger partial charge >= 0.3 is 0 Å². The number of hydrogen-bond acceptors (Lipinski definition) is 2. The molecular weight excluding hydrogens is 138 g/mol. The highest BCUT2D eigenvalue weighted by molar-refractivity contribution is 4.93. The van der Waals surface area contributed by atoms with Gasteiger partial charge in [-0.05, 0) is 38.8 Å². The first-order valence-electron chi connectivity index (χ1n) is 4.54. The van der Waals surface area contributed by atoms with Crippen molar-refractivity contribution in [3.8, 4) is 0 Å². The largest absolute Gasteiger partial charge is 0.380 e. The number of methoxy groups -OCH3 is 1. The Morgan fingerprint density at radius 1 is 1.36 bits per heavy atom. The lowest BCUT2D eigenvalue weighted by atomic mass is 10.00. The van der Waals surface area contributed by atoms with Crippen LogP contribution in [0.25, 0.3) is 0 Å². The molecule has 0 aromatic rings. The second kappa shape index (κ2) is 2.76. The lowest BCUT2D eigenvalue weighted by molar-refractivity contribution is 0.0453. The Bertz CT molecular complexity index is 146. The van der Waals surface area contributed by atoms with Gasteiger partial charge in [-0.1, -0.05) is 0 Å². The Kier molecular flexibility index (Phi) is 1.90. The molecule has 0 aromatic carbocycles. The number of nitrogens with zero attached hydrogens (tertiary/aromatic N) is 1. The molecule has 0 aromatic heterocycles. The van der Waals surface area contributed by atoms with E-state index in [4.69, 9.17) is 4.74 Å². The first kappa shape index (κ1) is 7.56. The van der Waals surface area contributed by atoms with Crippen molar-refractivity contribution in [1.29, 1.82) is 0 Å². The highest BCUT2D eigenvalue weighted by Gasteiger charge is 2.39. The number of hydrogen-bond donors (Lipinski definition) is 0. The predicted octanol–water partition coefficient (Wildman–Crippen LogP) is 1.12. The summed E-state index contributed by atoms with van der Waals surface area (Å²) >= 11 is 0. The van der Waals surface area contributed by atoms with Gasteiger partial charge in [-0.2, -0.15) is 0 Å². The Morgan fingerprint density at radius 2 is 2.18 bits per heavy atom. The summed E-state index contributed by atoms with van der Waals surface area (Å²) in [6.45, 7) is 1.27. The van der Waals surface area contributed by atoms with Crippen molar-refractivity contribution in [3.05, 3.63) is 0 Å². The normalized spacial score (nSPS) is 44.7. The predicted molar refractivity (Wildman–Crippen MR) is 44.6 cm³/mol. The number of piperidine rings is 1. The molecule has 1 heterocycles. The van der Waals surface area contributed by atoms with Crippen LogP contribution in [0.4, 0.5) is 0 Å². The molecular formula is C9H17NO. The van der Waals surface area contributed by atoms with Gasteiger partial charge in [0.1, 0.15) is 0 Å². The molecule has 1 saturated carbocycles. The summed E-state index contributed by atoms with van der Waals surface area (Å²) in [5, 5.41) is 0. The maximum atomic E-state index is 5.45. The molecule has 11 heavy (non-hydrogen) atoms. The summed E-state index contributed by atoms with van der Waals surface area (Å²) in [5.74, 6) is 0.959. The van der Waals surface area contributed by atoms with E-state index in [-0.39, 0.29) is 0 Å². The number of likely N-dealkylation sites (N-methyl/N-ethyl adjacent to an activating group) is 1. The average Bonchev–Trinajstić information content (AvgIpc) is 2.37. The van der Waals surface area contributed by atoms with Crippen LogP contribution < -0.4 is 0 Å². The average molecular weight is 155 g/mol. The van der Waals surface area contributed by atoms with Gasteiger partial charge in [-0.3, -0.25) is 0 Å². The van der Waals surface area contributed by atoms with E-state index in [1.165, 1.54) is 25.8 Å². The zero-order chi connectivity index (χ0) is 7.84. The van der Waals surface area contributed by atoms with Gasteiger partial charge in [0, 0.05) is 13.2 Å². The summed E-state index contributed by atoms with van der Waals surface area (Å²) in [4.78, 5) is 2.46. The van der Waals surface area contributed by atoms with E-state index in [1.807, 2.05) is 7.11 Å². The van der Waals surface area contributed by atoms with E-state index in [1.54, 1.807) is 0 Å². The SMILES string of the molecule is COC1CC2CCN(C)[C@H]1C2. The molecule has 1 saturated heterocycles. The molecule has 0 spiro atoms. The highest BCUT2D eigenvalue weighted by Crippen LogP contribution is 2.37. The molecule has 3 atom stereocenters. The minimum Gasteiger partial charge on any atom is -0.380 e. The maximum absolute atomic E-state index is 5.45. The summed E-state index contributed by atoms with van der Waals surface area (Å²) in [5.41, 5.74) is 0. The zero-order valence-corrected chi connectivity index (χ0v) is 7.42. The number of likely N-dealkylation sites (tertiary alicyclic amines) is 1. The van der Waals surface area contributed by atoms with Crippen LogP contribution in [-0.2, 0) is 4.74 Å². The molecule has 1 aliphatic carbocycles. The molecule has 1 aliphatic heterocycles. The van der Waals surface area contributed by atoms with Crippen molar-refractivity contribution in [2.75, 3.05) is 20.7 Å². The Labute approximate surface area is 68.5 Å². The van der Waals surface area contributed by atoms with Gasteiger partial charge in [0.15, 0.2) is 0 Å². The fourth-order valence-electron chi connectivity index (χ4n) is 2.58. The molecule has 2 fully saturated rings. The highest BCUT2D eigenvalue weighted by atomic mass is 16.5. The van der Waals surface area contributed by atoms with Crippen LogP contribution in [0.1, 0.15) is 19.3 Å². The standard InChI is InChI=1S/C9H17NO/c1-10-4-3-7-5-8(10)9(6-7)11-2/h7-9H,3-6H2,1-2H3/t7?,8-,9?/m0/s1. The molecule has 2 aliphatic rings. The molecule has 2 bridgehead atoms. The minimum absolute atomic E-state index is 0.521. The Hall–Kier alpha value is -0.0800. The maximum Gasteiger partial charge on any atom is 0.0729 e. The van der Waals surface area contributed by atoms with Crippen LogP contribution in [0.3, 0.4) is 0 Å². The third kappa shape index (κ3) is 1.18. The van der Waals surface area contributed by atoms with E-state index in [0.29, 0.717) is 6.10 Å². The van der Waals surface area contributed by atoms with Crippen LogP contribution in [0, 0.1) is 5.92 Å². The topological polar surface area (TPSA) is 12.5 Å². The number of ether oxygens (including phenoxy) is 1. The molecule has 2 unspecified atom stereocenters. The third-order valence-electron chi connectivity index (χ3n) is 3.33. The van der Waals surface area contributed by atoms with Crippen molar-refractivity contribution in [1.82, 2.24) is 4.90 Å². The Morgan fingerprint density at radius 3 is 2.91 bits per heavy atom. The number of fused-ring (bicyclic) bond motifs is 2. The van der Waals surface area contributed by atoms with Crippen molar-refractivity contribution in [2.24, 2.45) is 5.92 Å². The quantitative estimate of drug-likeness (QED) is 0.562. The van der Waals surface area contributed by atoms with Crippen LogP contribution in [0.5, 0.6) is 0 Å². The van der Waals surface area contributed by atoms with Crippen molar-refractivity contribution in [3.63, 3.8) is 0 Å². The second-order valence-corrected chi connectivity index (χ2v) is 3.95. The Balaban J connectivity index is 2.06. The van der Waals surface area contributed by atoms with Crippen molar-refractivity contribution < 1.29 is 4.74 Å². The summed E-state index contributed by atoms with van der Waals surface area (Å²) in [6.07, 6.45) is 4.57. The van der Waals surface area contributed by atoms with Gasteiger partial charge in [0.25, 0.3) is 0 Å². The zero-order valence-electron chi connectivity index (χ0n) is 7.42. The monoisotopic (exact) mass is 155 g/mol. The summed E-state index contributed by atoms with van der Waals surface area (Å²) in [6, 6.07) is 0.721. The van der Waals surface area contributed by atoms with Gasteiger partial charge in [-0.25, -0.2) is 0 Å². The summed E-state index contributed by atoms with van der Waals surface area (Å²) < 4.78 is 5.45. The van der Waals surface area contributed by atoms with E-state index in [0.717, 1.165) is 12.0 Å². The van der Waals surface area contributed by atoms with Gasteiger partial charge in [0.05, 0.1) is 6.10 Å². The number of rotatable bonds is 1. The van der Waals surface area contributed by atoms with E-state index in [9.17, 15) is 0 Å². The van der Waals surface area contributed by atoms with Crippen LogP contribution >= 0.6 is 0 Å². The molecule has 2 rings (SSSR count). The molecule has 2 heteroatoms. The van der Waals surface area contributed by atoms with Crippen LogP contribution in [-0.4, -0.2) is 37.7 Å². The molecule has 64 valence electrons. The fraction of sp³-hybridized carbons (Fsp3) is 1.00. The van der Waals surface area contributed by atoms with E-state index >= 15 is 0 Å². The molecule has 0 N–H and O–H groups in total. The van der Waals surface area contributed by atoms with Gasteiger partial charge < -0.3 is 9.64 Å². The summed E-state index contributed by atoms with van der Waals surface area (Å²) in [7, 11) is 4.07. The van der Waals surface area contributed by atoms with Gasteiger partial charge in [0.2, 0.25) is 0 Å². The van der Waals surface area contributed by atoms with Crippen LogP contribution in [0.2, 0.25) is 0 Å². The van der Waals surface area contributed by atoms with Crippen LogP contribution in [0.15, 0.2) is 0 Å². The van der Waals surface area contributed by atoms with E-state index in [2.05, 4.69) is 11.9 Å². The lowest BCUT2D eigenvalue weighted by Crippen LogP contribution is -2.40.